The summed E-state index contributed by atoms with van der Waals surface area (Å²) in [5.41, 5.74) is 1.40. The maximum atomic E-state index is 15.6. The number of methoxy groups -OCH3 is 3. The molecule has 2 atom stereocenters. The zero-order chi connectivity index (χ0) is 32.2. The minimum Gasteiger partial charge on any atom is -0.497 e. The van der Waals surface area contributed by atoms with Crippen LogP contribution in [0, 0.1) is 17.7 Å². The molecule has 7 rings (SSSR count). The molecule has 2 fully saturated rings. The summed E-state index contributed by atoms with van der Waals surface area (Å²) in [5.74, 6) is 2.40. The molecule has 3 aromatic carbocycles. The van der Waals surface area contributed by atoms with E-state index in [2.05, 4.69) is 5.16 Å². The second kappa shape index (κ2) is 11.5. The smallest absolute Gasteiger partial charge is 0.265 e. The molecule has 2 aliphatic carbocycles. The van der Waals surface area contributed by atoms with Gasteiger partial charge in [0.05, 0.1) is 44.0 Å². The van der Waals surface area contributed by atoms with E-state index in [1.165, 1.54) is 81.4 Å². The summed E-state index contributed by atoms with van der Waals surface area (Å²) in [6.07, 6.45) is 4.65. The Morgan fingerprint density at radius 1 is 0.957 bits per heavy atom. The summed E-state index contributed by atoms with van der Waals surface area (Å²) >= 11 is 0. The second-order valence-electron chi connectivity index (χ2n) is 11.7. The highest BCUT2D eigenvalue weighted by atomic mass is 32.2. The number of rotatable bonds is 11. The molecular weight excluding hydrogens is 613 g/mol. The first-order valence-electron chi connectivity index (χ1n) is 14.9. The van der Waals surface area contributed by atoms with Crippen LogP contribution in [0.2, 0.25) is 0 Å². The number of nitrogens with zero attached hydrogens (tertiary/aromatic N) is 3. The van der Waals surface area contributed by atoms with Crippen LogP contribution in [0.1, 0.15) is 36.3 Å². The zero-order valence-electron chi connectivity index (χ0n) is 25.5. The van der Waals surface area contributed by atoms with Gasteiger partial charge in [-0.3, -0.25) is 9.36 Å². The average Bonchev–Trinajstić information content (AvgIpc) is 3.99. The number of sulfonamides is 1. The van der Waals surface area contributed by atoms with Crippen LogP contribution in [0.15, 0.2) is 87.2 Å². The van der Waals surface area contributed by atoms with Gasteiger partial charge in [-0.25, -0.2) is 17.1 Å². The summed E-state index contributed by atoms with van der Waals surface area (Å²) in [6.45, 7) is -0.120. The highest BCUT2D eigenvalue weighted by Gasteiger charge is 2.49. The molecule has 5 aromatic rings. The predicted molar refractivity (Wildman–Crippen MR) is 169 cm³/mol. The minimum absolute atomic E-state index is 0.0472. The van der Waals surface area contributed by atoms with Crippen molar-refractivity contribution in [1.82, 2.24) is 9.72 Å². The van der Waals surface area contributed by atoms with E-state index < -0.39 is 15.6 Å². The van der Waals surface area contributed by atoms with Crippen LogP contribution in [0.25, 0.3) is 16.6 Å². The fourth-order valence-electron chi connectivity index (χ4n) is 6.32. The van der Waals surface area contributed by atoms with Gasteiger partial charge in [-0.1, -0.05) is 5.16 Å². The van der Waals surface area contributed by atoms with E-state index in [-0.39, 0.29) is 34.7 Å². The van der Waals surface area contributed by atoms with E-state index in [0.29, 0.717) is 51.1 Å². The Hall–Kier alpha value is -4.84. The van der Waals surface area contributed by atoms with Gasteiger partial charge in [-0.05, 0) is 85.0 Å². The van der Waals surface area contributed by atoms with Gasteiger partial charge in [0.15, 0.2) is 5.82 Å². The lowest BCUT2D eigenvalue weighted by Crippen LogP contribution is -2.31. The highest BCUT2D eigenvalue weighted by molar-refractivity contribution is 7.92. The lowest BCUT2D eigenvalue weighted by atomic mass is 10.0. The van der Waals surface area contributed by atoms with Crippen LogP contribution in [0.3, 0.4) is 0 Å². The molecule has 0 N–H and O–H groups in total. The van der Waals surface area contributed by atoms with Gasteiger partial charge in [0.1, 0.15) is 29.3 Å². The van der Waals surface area contributed by atoms with Crippen molar-refractivity contribution in [2.24, 2.45) is 11.8 Å². The van der Waals surface area contributed by atoms with E-state index in [0.717, 1.165) is 10.7 Å². The molecule has 2 heterocycles. The van der Waals surface area contributed by atoms with Gasteiger partial charge in [0.2, 0.25) is 0 Å². The van der Waals surface area contributed by atoms with Crippen molar-refractivity contribution in [3.8, 4) is 22.9 Å². The zero-order valence-corrected chi connectivity index (χ0v) is 26.3. The Kier molecular flexibility index (Phi) is 7.47. The van der Waals surface area contributed by atoms with Crippen LogP contribution in [-0.4, -0.2) is 39.5 Å². The largest absolute Gasteiger partial charge is 0.497 e. The van der Waals surface area contributed by atoms with Gasteiger partial charge in [0.25, 0.3) is 15.6 Å². The summed E-state index contributed by atoms with van der Waals surface area (Å²) in [4.78, 5) is 13.2. The van der Waals surface area contributed by atoms with E-state index in [1.54, 1.807) is 30.3 Å². The number of hydrogen-bond acceptors (Lipinski definition) is 8. The fraction of sp³-hybridized carbons (Fsp3) is 0.294. The number of aromatic nitrogens is 2. The average molecular weight is 646 g/mol. The van der Waals surface area contributed by atoms with Crippen molar-refractivity contribution in [2.75, 3.05) is 25.6 Å². The Morgan fingerprint density at radius 3 is 2.46 bits per heavy atom. The van der Waals surface area contributed by atoms with E-state index in [9.17, 15) is 13.2 Å². The predicted octanol–water partition coefficient (Wildman–Crippen LogP) is 6.05. The SMILES string of the molecule is COc1ccc(CN(c2ccon2)S(=O)(=O)c2ccc3c(ccc(=O)n3-c3cc(F)c(C4CC4C4CC4)cc3OC)c2)c(OC)c1. The Labute approximate surface area is 265 Å². The van der Waals surface area contributed by atoms with Crippen molar-refractivity contribution < 1.29 is 31.5 Å². The Morgan fingerprint density at radius 2 is 1.76 bits per heavy atom. The van der Waals surface area contributed by atoms with Crippen molar-refractivity contribution in [2.45, 2.75) is 36.6 Å². The van der Waals surface area contributed by atoms with Gasteiger partial charge in [0, 0.05) is 35.2 Å². The third kappa shape index (κ3) is 5.26. The summed E-state index contributed by atoms with van der Waals surface area (Å²) in [6, 6.07) is 16.9. The number of ether oxygens (including phenoxy) is 3. The summed E-state index contributed by atoms with van der Waals surface area (Å²) < 4.78 is 67.9. The van der Waals surface area contributed by atoms with Gasteiger partial charge in [-0.2, -0.15) is 0 Å². The van der Waals surface area contributed by atoms with E-state index >= 15 is 4.39 Å². The number of fused-ring (bicyclic) bond motifs is 1. The molecule has 2 aliphatic rings. The number of anilines is 1. The van der Waals surface area contributed by atoms with Crippen LogP contribution in [-0.2, 0) is 16.6 Å². The third-order valence-electron chi connectivity index (χ3n) is 8.95. The van der Waals surface area contributed by atoms with Crippen LogP contribution in [0.4, 0.5) is 10.2 Å². The number of halogens is 1. The molecule has 0 bridgehead atoms. The van der Waals surface area contributed by atoms with Gasteiger partial charge >= 0.3 is 0 Å². The quantitative estimate of drug-likeness (QED) is 0.171. The molecule has 0 spiro atoms. The molecule has 2 aromatic heterocycles. The summed E-state index contributed by atoms with van der Waals surface area (Å²) in [5, 5.41) is 4.35. The van der Waals surface area contributed by atoms with Crippen molar-refractivity contribution in [3.05, 3.63) is 100 Å². The molecule has 10 nitrogen and oxygen atoms in total. The van der Waals surface area contributed by atoms with Crippen LogP contribution in [0.5, 0.6) is 17.2 Å². The first kappa shape index (κ1) is 29.8. The maximum absolute atomic E-state index is 15.6. The topological polar surface area (TPSA) is 113 Å². The first-order valence-corrected chi connectivity index (χ1v) is 16.3. The van der Waals surface area contributed by atoms with Crippen molar-refractivity contribution in [3.63, 3.8) is 0 Å². The van der Waals surface area contributed by atoms with E-state index in [4.69, 9.17) is 18.7 Å². The molecule has 2 unspecified atom stereocenters. The number of hydrogen-bond donors (Lipinski definition) is 0. The molecule has 46 heavy (non-hydrogen) atoms. The lowest BCUT2D eigenvalue weighted by molar-refractivity contribution is 0.391. The molecule has 0 saturated heterocycles. The monoisotopic (exact) mass is 645 g/mol. The minimum atomic E-state index is -4.23. The number of pyridine rings is 1. The fourth-order valence-corrected chi connectivity index (χ4v) is 7.74. The maximum Gasteiger partial charge on any atom is 0.265 e. The Bertz CT molecular complexity index is 2110. The standard InChI is InChI=1S/C34H32FN3O7S/c1-42-23-8-6-22(31(15-23)43-2)19-37(33-12-13-45-36-33)46(40,41)24-9-10-29-21(14-24)7-11-34(39)38(29)30-18-28(35)27(17-32(30)44-3)26-16-25(26)20-4-5-20/h6-15,17-18,20,25-26H,4-5,16,19H2,1-3H3. The van der Waals surface area contributed by atoms with Crippen molar-refractivity contribution >= 4 is 26.7 Å². The second-order valence-corrected chi connectivity index (χ2v) is 13.5. The van der Waals surface area contributed by atoms with Crippen LogP contribution >= 0.6 is 0 Å². The van der Waals surface area contributed by atoms with Crippen LogP contribution < -0.4 is 24.1 Å². The van der Waals surface area contributed by atoms with Gasteiger partial charge in [-0.15, -0.1) is 0 Å². The molecule has 2 saturated carbocycles. The summed E-state index contributed by atoms with van der Waals surface area (Å²) in [7, 11) is 0.279. The molecule has 238 valence electrons. The first-order chi connectivity index (χ1) is 22.2. The normalized spacial score (nSPS) is 17.6. The van der Waals surface area contributed by atoms with Gasteiger partial charge < -0.3 is 18.7 Å². The molecular formula is C34H32FN3O7S. The van der Waals surface area contributed by atoms with Crippen molar-refractivity contribution in [1.29, 1.82) is 0 Å². The Balaban J connectivity index is 1.28. The molecule has 0 aliphatic heterocycles. The molecule has 0 radical (unpaired) electrons. The third-order valence-corrected chi connectivity index (χ3v) is 10.7. The van der Waals surface area contributed by atoms with E-state index in [1.807, 2.05) is 0 Å². The molecule has 12 heteroatoms. The number of benzene rings is 3. The highest BCUT2D eigenvalue weighted by Crippen LogP contribution is 2.60. The molecule has 0 amide bonds. The lowest BCUT2D eigenvalue weighted by Gasteiger charge is -2.23.